The summed E-state index contributed by atoms with van der Waals surface area (Å²) in [6.45, 7) is 4.60. The topological polar surface area (TPSA) is 126 Å². The van der Waals surface area contributed by atoms with Crippen LogP contribution in [0.5, 0.6) is 5.75 Å². The number of rotatable bonds is 3. The van der Waals surface area contributed by atoms with Crippen molar-refractivity contribution in [3.8, 4) is 5.75 Å². The molecule has 2 unspecified atom stereocenters. The number of nitrogens with zero attached hydrogens (tertiary/aromatic N) is 3. The molecule has 28 heavy (non-hydrogen) atoms. The van der Waals surface area contributed by atoms with Crippen molar-refractivity contribution < 1.29 is 14.6 Å². The number of aromatic carboxylic acids is 1. The lowest BCUT2D eigenvalue weighted by molar-refractivity contribution is 0.0694. The fraction of sp³-hybridized carbons (Fsp3) is 0.421. The molecule has 2 aromatic heterocycles. The van der Waals surface area contributed by atoms with Crippen LogP contribution in [0.15, 0.2) is 17.3 Å². The highest BCUT2D eigenvalue weighted by Crippen LogP contribution is 2.45. The maximum absolute atomic E-state index is 13.0. The van der Waals surface area contributed by atoms with E-state index >= 15 is 0 Å². The molecular weight excluding hydrogens is 362 g/mol. The summed E-state index contributed by atoms with van der Waals surface area (Å²) in [6.07, 6.45) is 3.95. The second kappa shape index (κ2) is 5.96. The van der Waals surface area contributed by atoms with Gasteiger partial charge in [-0.15, -0.1) is 0 Å². The molecule has 2 aliphatic heterocycles. The number of ether oxygens (including phenoxy) is 1. The number of hydrogen-bond acceptors (Lipinski definition) is 6. The van der Waals surface area contributed by atoms with E-state index in [-0.39, 0.29) is 17.0 Å². The van der Waals surface area contributed by atoms with Gasteiger partial charge in [-0.2, -0.15) is 0 Å². The number of nitrogens with two attached hydrogens (primary N) is 1. The fourth-order valence-electron chi connectivity index (χ4n) is 4.42. The molecule has 1 saturated heterocycles. The van der Waals surface area contributed by atoms with Crippen LogP contribution >= 0.6 is 0 Å². The van der Waals surface area contributed by atoms with Gasteiger partial charge in [0.2, 0.25) is 5.43 Å². The number of pyridine rings is 1. The summed E-state index contributed by atoms with van der Waals surface area (Å²) in [7, 11) is 0. The number of carbonyl (C=O) groups is 1. The number of nitrogens with one attached hydrogen (secondary N) is 1. The second-order valence-electron chi connectivity index (χ2n) is 7.61. The summed E-state index contributed by atoms with van der Waals surface area (Å²) in [5.41, 5.74) is 7.73. The van der Waals surface area contributed by atoms with Gasteiger partial charge in [0.05, 0.1) is 28.8 Å². The number of imidazole rings is 1. The Kier molecular flexibility index (Phi) is 3.63. The highest BCUT2D eigenvalue weighted by atomic mass is 16.5. The number of carboxylic acid groups (broad SMARTS) is 1. The number of carboxylic acids is 1. The van der Waals surface area contributed by atoms with Crippen molar-refractivity contribution in [2.24, 2.45) is 11.7 Å². The standard InChI is InChI=1S/C19H21N5O4/c1-9-7-28-18-15-12(17(25)11(19(26)27)6-24(9)15)13-14(22-8-21-13)16(18)23-3-2-10(4-20)5-23/h6,8-10H,2-5,7,20H2,1H3,(H,21,22)(H,26,27). The third-order valence-corrected chi connectivity index (χ3v) is 5.89. The van der Waals surface area contributed by atoms with Gasteiger partial charge in [0.1, 0.15) is 23.4 Å². The van der Waals surface area contributed by atoms with Crippen molar-refractivity contribution in [2.45, 2.75) is 19.4 Å². The van der Waals surface area contributed by atoms with Crippen LogP contribution in [-0.4, -0.2) is 51.9 Å². The molecule has 1 fully saturated rings. The monoisotopic (exact) mass is 383 g/mol. The lowest BCUT2D eigenvalue weighted by Gasteiger charge is -2.31. The van der Waals surface area contributed by atoms with Crippen LogP contribution < -0.4 is 20.8 Å². The molecule has 9 nitrogen and oxygen atoms in total. The zero-order valence-electron chi connectivity index (χ0n) is 15.4. The highest BCUT2D eigenvalue weighted by Gasteiger charge is 2.33. The van der Waals surface area contributed by atoms with Gasteiger partial charge in [-0.1, -0.05) is 0 Å². The van der Waals surface area contributed by atoms with Gasteiger partial charge in [0, 0.05) is 19.3 Å². The first-order valence-electron chi connectivity index (χ1n) is 9.40. The number of benzene rings is 1. The van der Waals surface area contributed by atoms with Gasteiger partial charge in [-0.05, 0) is 25.8 Å². The summed E-state index contributed by atoms with van der Waals surface area (Å²) in [5.74, 6) is -0.231. The first-order chi connectivity index (χ1) is 13.5. The SMILES string of the molecule is CC1COc2c(N3CCC(CN)C3)c3[nH]cnc3c3c(=O)c(C(=O)O)cn1c23. The predicted molar refractivity (Wildman–Crippen MR) is 104 cm³/mol. The minimum absolute atomic E-state index is 0.103. The normalized spacial score (nSPS) is 21.4. The van der Waals surface area contributed by atoms with Crippen LogP contribution in [0, 0.1) is 5.92 Å². The van der Waals surface area contributed by atoms with Gasteiger partial charge in [0.15, 0.2) is 5.75 Å². The Labute approximate surface area is 159 Å². The van der Waals surface area contributed by atoms with Crippen LogP contribution in [0.3, 0.4) is 0 Å². The molecule has 4 N–H and O–H groups in total. The van der Waals surface area contributed by atoms with E-state index in [4.69, 9.17) is 10.5 Å². The Morgan fingerprint density at radius 3 is 3.04 bits per heavy atom. The van der Waals surface area contributed by atoms with Crippen molar-refractivity contribution >= 4 is 33.6 Å². The first kappa shape index (κ1) is 17.1. The van der Waals surface area contributed by atoms with Gasteiger partial charge in [0.25, 0.3) is 0 Å². The molecule has 5 rings (SSSR count). The highest BCUT2D eigenvalue weighted by molar-refractivity contribution is 6.14. The Morgan fingerprint density at radius 1 is 1.50 bits per heavy atom. The minimum Gasteiger partial charge on any atom is -0.487 e. The van der Waals surface area contributed by atoms with E-state index in [2.05, 4.69) is 14.9 Å². The van der Waals surface area contributed by atoms with Crippen molar-refractivity contribution in [2.75, 3.05) is 31.1 Å². The summed E-state index contributed by atoms with van der Waals surface area (Å²) in [6, 6.07) is -0.103. The van der Waals surface area contributed by atoms with E-state index in [0.717, 1.165) is 25.2 Å². The number of aromatic nitrogens is 3. The smallest absolute Gasteiger partial charge is 0.341 e. The van der Waals surface area contributed by atoms with Gasteiger partial charge in [-0.3, -0.25) is 4.79 Å². The molecule has 0 bridgehead atoms. The molecule has 2 aliphatic rings. The fourth-order valence-corrected chi connectivity index (χ4v) is 4.42. The van der Waals surface area contributed by atoms with Crippen LogP contribution in [0.25, 0.3) is 21.9 Å². The van der Waals surface area contributed by atoms with E-state index in [1.165, 1.54) is 12.5 Å². The molecule has 0 spiro atoms. The molecule has 0 radical (unpaired) electrons. The Hall–Kier alpha value is -3.07. The second-order valence-corrected chi connectivity index (χ2v) is 7.61. The van der Waals surface area contributed by atoms with E-state index < -0.39 is 11.4 Å². The molecule has 0 aliphatic carbocycles. The lowest BCUT2D eigenvalue weighted by Crippen LogP contribution is -2.29. The molecule has 146 valence electrons. The van der Waals surface area contributed by atoms with Gasteiger partial charge in [-0.25, -0.2) is 9.78 Å². The molecule has 1 aromatic carbocycles. The zero-order chi connectivity index (χ0) is 19.6. The number of fused-ring (bicyclic) bond motifs is 2. The molecule has 0 amide bonds. The first-order valence-corrected chi connectivity index (χ1v) is 9.40. The zero-order valence-corrected chi connectivity index (χ0v) is 15.4. The Bertz CT molecular complexity index is 1180. The third kappa shape index (κ3) is 2.19. The maximum atomic E-state index is 13.0. The molecule has 2 atom stereocenters. The summed E-state index contributed by atoms with van der Waals surface area (Å²) in [4.78, 5) is 34.4. The van der Waals surface area contributed by atoms with E-state index in [1.54, 1.807) is 0 Å². The van der Waals surface area contributed by atoms with Crippen LogP contribution in [0.2, 0.25) is 0 Å². The summed E-state index contributed by atoms with van der Waals surface area (Å²) in [5, 5.41) is 9.82. The van der Waals surface area contributed by atoms with E-state index in [0.29, 0.717) is 41.4 Å². The van der Waals surface area contributed by atoms with Crippen molar-refractivity contribution in [1.29, 1.82) is 0 Å². The Morgan fingerprint density at radius 2 is 2.32 bits per heavy atom. The maximum Gasteiger partial charge on any atom is 0.341 e. The third-order valence-electron chi connectivity index (χ3n) is 5.89. The van der Waals surface area contributed by atoms with Crippen molar-refractivity contribution in [1.82, 2.24) is 14.5 Å². The minimum atomic E-state index is -1.24. The molecule has 4 heterocycles. The molecular formula is C19H21N5O4. The predicted octanol–water partition coefficient (Wildman–Crippen LogP) is 1.31. The van der Waals surface area contributed by atoms with Gasteiger partial charge < -0.3 is 30.0 Å². The summed E-state index contributed by atoms with van der Waals surface area (Å²) < 4.78 is 7.97. The number of aromatic amines is 1. The van der Waals surface area contributed by atoms with Crippen molar-refractivity contribution in [3.05, 3.63) is 28.3 Å². The molecule has 3 aromatic rings. The van der Waals surface area contributed by atoms with Crippen LogP contribution in [-0.2, 0) is 0 Å². The summed E-state index contributed by atoms with van der Waals surface area (Å²) >= 11 is 0. The van der Waals surface area contributed by atoms with Crippen molar-refractivity contribution in [3.63, 3.8) is 0 Å². The number of H-pyrrole nitrogens is 1. The van der Waals surface area contributed by atoms with Crippen LogP contribution in [0.4, 0.5) is 5.69 Å². The van der Waals surface area contributed by atoms with E-state index in [1.807, 2.05) is 11.5 Å². The lowest BCUT2D eigenvalue weighted by atomic mass is 10.0. The molecule has 0 saturated carbocycles. The van der Waals surface area contributed by atoms with E-state index in [9.17, 15) is 14.7 Å². The van der Waals surface area contributed by atoms with Gasteiger partial charge >= 0.3 is 5.97 Å². The largest absolute Gasteiger partial charge is 0.487 e. The number of anilines is 1. The Balaban J connectivity index is 1.91. The molecule has 9 heteroatoms. The quantitative estimate of drug-likeness (QED) is 0.622. The average molecular weight is 383 g/mol. The van der Waals surface area contributed by atoms with Crippen LogP contribution in [0.1, 0.15) is 29.7 Å². The average Bonchev–Trinajstić information content (AvgIpc) is 3.34. The number of hydrogen-bond donors (Lipinski definition) is 3.